The molecular formula is C16H26N2O2. The van der Waals surface area contributed by atoms with Gasteiger partial charge in [0, 0.05) is 25.1 Å². The zero-order chi connectivity index (χ0) is 14.2. The average Bonchev–Trinajstić information content (AvgIpc) is 2.70. The first-order valence-corrected chi connectivity index (χ1v) is 7.81. The van der Waals surface area contributed by atoms with Crippen molar-refractivity contribution in [2.45, 2.75) is 58.5 Å². The molecule has 0 atom stereocenters. The molecule has 2 rings (SSSR count). The van der Waals surface area contributed by atoms with Crippen LogP contribution in [0.4, 0.5) is 0 Å². The van der Waals surface area contributed by atoms with E-state index in [9.17, 15) is 0 Å². The first-order valence-electron chi connectivity index (χ1n) is 7.81. The number of aromatic nitrogens is 1. The number of rotatable bonds is 7. The molecule has 0 bridgehead atoms. The first-order chi connectivity index (χ1) is 9.83. The Balaban J connectivity index is 1.93. The normalized spacial score (nSPS) is 14.3. The number of nitrogens with zero attached hydrogens (tertiary/aromatic N) is 1. The minimum absolute atomic E-state index is 0.586. The van der Waals surface area contributed by atoms with E-state index in [2.05, 4.69) is 24.1 Å². The summed E-state index contributed by atoms with van der Waals surface area (Å²) < 4.78 is 11.3. The Morgan fingerprint density at radius 1 is 1.15 bits per heavy atom. The van der Waals surface area contributed by atoms with Crippen LogP contribution >= 0.6 is 0 Å². The molecule has 0 aliphatic carbocycles. The molecule has 1 aliphatic heterocycles. The lowest BCUT2D eigenvalue weighted by Crippen LogP contribution is -2.28. The summed E-state index contributed by atoms with van der Waals surface area (Å²) in [4.78, 5) is 4.46. The minimum Gasteiger partial charge on any atom is -0.489 e. The van der Waals surface area contributed by atoms with Crippen LogP contribution in [0.25, 0.3) is 0 Å². The second-order valence-corrected chi connectivity index (χ2v) is 5.33. The van der Waals surface area contributed by atoms with Crippen molar-refractivity contribution >= 4 is 0 Å². The van der Waals surface area contributed by atoms with Gasteiger partial charge in [0.05, 0.1) is 25.1 Å². The maximum Gasteiger partial charge on any atom is 0.179 e. The highest BCUT2D eigenvalue weighted by atomic mass is 16.5. The van der Waals surface area contributed by atoms with Crippen LogP contribution in [0.3, 0.4) is 0 Å². The maximum atomic E-state index is 5.70. The fourth-order valence-electron chi connectivity index (χ4n) is 2.50. The molecule has 1 aliphatic rings. The minimum atomic E-state index is 0.586. The topological polar surface area (TPSA) is 43.4 Å². The van der Waals surface area contributed by atoms with E-state index in [-0.39, 0.29) is 0 Å². The van der Waals surface area contributed by atoms with Gasteiger partial charge in [-0.1, -0.05) is 26.7 Å². The smallest absolute Gasteiger partial charge is 0.179 e. The number of nitrogens with one attached hydrogen (secondary N) is 1. The molecule has 4 heteroatoms. The fourth-order valence-corrected chi connectivity index (χ4v) is 2.50. The van der Waals surface area contributed by atoms with Gasteiger partial charge in [-0.2, -0.15) is 0 Å². The highest BCUT2D eigenvalue weighted by Gasteiger charge is 2.12. The summed E-state index contributed by atoms with van der Waals surface area (Å²) in [6.07, 6.45) is 7.58. The highest BCUT2D eigenvalue weighted by Crippen LogP contribution is 2.28. The van der Waals surface area contributed by atoms with Crippen molar-refractivity contribution in [2.75, 3.05) is 13.2 Å². The van der Waals surface area contributed by atoms with Crippen molar-refractivity contribution in [3.8, 4) is 11.5 Å². The van der Waals surface area contributed by atoms with Gasteiger partial charge in [-0.15, -0.1) is 0 Å². The second-order valence-electron chi connectivity index (χ2n) is 5.33. The first kappa shape index (κ1) is 15.1. The molecule has 1 aromatic heterocycles. The molecule has 0 amide bonds. The highest BCUT2D eigenvalue weighted by molar-refractivity contribution is 5.39. The van der Waals surface area contributed by atoms with Crippen LogP contribution in [0.1, 0.15) is 51.6 Å². The van der Waals surface area contributed by atoms with Crippen molar-refractivity contribution in [3.63, 3.8) is 0 Å². The van der Waals surface area contributed by atoms with E-state index in [4.69, 9.17) is 9.47 Å². The zero-order valence-electron chi connectivity index (χ0n) is 12.7. The summed E-state index contributed by atoms with van der Waals surface area (Å²) in [6, 6.07) is 2.59. The Morgan fingerprint density at radius 3 is 2.55 bits per heavy atom. The third kappa shape index (κ3) is 4.37. The third-order valence-corrected chi connectivity index (χ3v) is 3.54. The van der Waals surface area contributed by atoms with Crippen LogP contribution < -0.4 is 14.8 Å². The Kier molecular flexibility index (Phi) is 6.12. The Bertz CT molecular complexity index is 403. The van der Waals surface area contributed by atoms with Crippen molar-refractivity contribution in [1.82, 2.24) is 10.3 Å². The average molecular weight is 278 g/mol. The zero-order valence-corrected chi connectivity index (χ0v) is 12.7. The largest absolute Gasteiger partial charge is 0.489 e. The van der Waals surface area contributed by atoms with Crippen LogP contribution in [0.5, 0.6) is 11.5 Å². The predicted octanol–water partition coefficient (Wildman–Crippen LogP) is 3.30. The van der Waals surface area contributed by atoms with Crippen molar-refractivity contribution in [1.29, 1.82) is 0 Å². The molecule has 1 aromatic rings. The predicted molar refractivity (Wildman–Crippen MR) is 80.3 cm³/mol. The number of hydrogen-bond donors (Lipinski definition) is 1. The Morgan fingerprint density at radius 2 is 1.85 bits per heavy atom. The van der Waals surface area contributed by atoms with Crippen LogP contribution in [-0.4, -0.2) is 24.2 Å². The van der Waals surface area contributed by atoms with E-state index in [1.807, 2.05) is 6.07 Å². The summed E-state index contributed by atoms with van der Waals surface area (Å²) in [5.74, 6) is 1.60. The Hall–Kier alpha value is -1.29. The number of fused-ring (bicyclic) bond motifs is 1. The quantitative estimate of drug-likeness (QED) is 0.831. The lowest BCUT2D eigenvalue weighted by atomic mass is 10.1. The lowest BCUT2D eigenvalue weighted by molar-refractivity contribution is 0.296. The number of pyridine rings is 1. The molecule has 0 spiro atoms. The molecule has 0 saturated carbocycles. The van der Waals surface area contributed by atoms with Gasteiger partial charge in [-0.3, -0.25) is 4.98 Å². The van der Waals surface area contributed by atoms with Crippen molar-refractivity contribution < 1.29 is 9.47 Å². The van der Waals surface area contributed by atoms with Gasteiger partial charge in [0.1, 0.15) is 0 Å². The molecule has 0 aromatic carbocycles. The van der Waals surface area contributed by atoms with Crippen molar-refractivity contribution in [3.05, 3.63) is 18.0 Å². The number of hydrogen-bond acceptors (Lipinski definition) is 4. The second kappa shape index (κ2) is 8.10. The van der Waals surface area contributed by atoms with Gasteiger partial charge in [0.2, 0.25) is 0 Å². The fraction of sp³-hybridized carbons (Fsp3) is 0.688. The standard InChI is InChI=1S/C16H26N2O2/c1-3-6-13(7-4-2)17-11-14-10-15-16(12-18-14)20-9-5-8-19-15/h10,12-13,17H,3-9,11H2,1-2H3. The van der Waals surface area contributed by atoms with Crippen LogP contribution in [0, 0.1) is 0 Å². The van der Waals surface area contributed by atoms with E-state index in [0.717, 1.165) is 36.8 Å². The van der Waals surface area contributed by atoms with Gasteiger partial charge < -0.3 is 14.8 Å². The number of ether oxygens (including phenoxy) is 2. The summed E-state index contributed by atoms with van der Waals surface area (Å²) in [7, 11) is 0. The lowest BCUT2D eigenvalue weighted by Gasteiger charge is -2.17. The monoisotopic (exact) mass is 278 g/mol. The van der Waals surface area contributed by atoms with E-state index >= 15 is 0 Å². The van der Waals surface area contributed by atoms with E-state index in [1.54, 1.807) is 6.20 Å². The molecule has 0 fully saturated rings. The van der Waals surface area contributed by atoms with E-state index < -0.39 is 0 Å². The molecule has 1 N–H and O–H groups in total. The molecular weight excluding hydrogens is 252 g/mol. The molecule has 2 heterocycles. The summed E-state index contributed by atoms with van der Waals surface area (Å²) in [5, 5.41) is 3.60. The molecule has 0 saturated heterocycles. The SMILES string of the molecule is CCCC(CCC)NCc1cc2c(cn1)OCCCO2. The van der Waals surface area contributed by atoms with E-state index in [0.29, 0.717) is 12.6 Å². The van der Waals surface area contributed by atoms with Gasteiger partial charge >= 0.3 is 0 Å². The maximum absolute atomic E-state index is 5.70. The van der Waals surface area contributed by atoms with Crippen molar-refractivity contribution in [2.24, 2.45) is 0 Å². The van der Waals surface area contributed by atoms with Crippen LogP contribution in [0.2, 0.25) is 0 Å². The summed E-state index contributed by atoms with van der Waals surface area (Å²) >= 11 is 0. The third-order valence-electron chi connectivity index (χ3n) is 3.54. The molecule has 112 valence electrons. The van der Waals surface area contributed by atoms with Crippen LogP contribution in [-0.2, 0) is 6.54 Å². The molecule has 0 radical (unpaired) electrons. The molecule has 4 nitrogen and oxygen atoms in total. The summed E-state index contributed by atoms with van der Waals surface area (Å²) in [6.45, 7) is 6.69. The summed E-state index contributed by atoms with van der Waals surface area (Å²) in [5.41, 5.74) is 1.02. The Labute approximate surface area is 121 Å². The molecule has 0 unspecified atom stereocenters. The van der Waals surface area contributed by atoms with E-state index in [1.165, 1.54) is 25.7 Å². The van der Waals surface area contributed by atoms with Gasteiger partial charge in [-0.25, -0.2) is 0 Å². The van der Waals surface area contributed by atoms with Gasteiger partial charge in [0.15, 0.2) is 11.5 Å². The van der Waals surface area contributed by atoms with Gasteiger partial charge in [-0.05, 0) is 12.8 Å². The van der Waals surface area contributed by atoms with Gasteiger partial charge in [0.25, 0.3) is 0 Å². The molecule has 20 heavy (non-hydrogen) atoms. The van der Waals surface area contributed by atoms with Crippen LogP contribution in [0.15, 0.2) is 12.3 Å².